The molecule has 2 aromatic heterocycles. The summed E-state index contributed by atoms with van der Waals surface area (Å²) in [6.07, 6.45) is 7.94. The number of piperidine rings is 1. The lowest BCUT2D eigenvalue weighted by molar-refractivity contribution is 0.178. The Morgan fingerprint density at radius 3 is 3.04 bits per heavy atom. The number of amides is 2. The highest BCUT2D eigenvalue weighted by Gasteiger charge is 2.31. The maximum Gasteiger partial charge on any atom is 0.317 e. The molecule has 0 bridgehead atoms. The van der Waals surface area contributed by atoms with Crippen molar-refractivity contribution in [3.8, 4) is 0 Å². The normalized spacial score (nSPS) is 20.8. The molecule has 1 unspecified atom stereocenters. The molecule has 24 heavy (non-hydrogen) atoms. The first kappa shape index (κ1) is 15.1. The summed E-state index contributed by atoms with van der Waals surface area (Å²) in [5, 5.41) is 10.4. The van der Waals surface area contributed by atoms with Gasteiger partial charge < -0.3 is 10.2 Å². The first-order valence-electron chi connectivity index (χ1n) is 8.63. The molecular weight excluding hydrogens is 304 g/mol. The maximum absolute atomic E-state index is 12.4. The first-order chi connectivity index (χ1) is 11.8. The number of likely N-dealkylation sites (tertiary alicyclic amines) is 1. The zero-order valence-corrected chi connectivity index (χ0v) is 13.6. The molecule has 1 saturated heterocycles. The van der Waals surface area contributed by atoms with Crippen molar-refractivity contribution in [2.24, 2.45) is 0 Å². The Labute approximate surface area is 140 Å². The zero-order chi connectivity index (χ0) is 16.4. The van der Waals surface area contributed by atoms with Crippen LogP contribution in [0.25, 0.3) is 0 Å². The second-order valence-electron chi connectivity index (χ2n) is 6.66. The third kappa shape index (κ3) is 3.39. The van der Waals surface area contributed by atoms with Gasteiger partial charge in [-0.3, -0.25) is 10.1 Å². The predicted octanol–water partition coefficient (Wildman–Crippen LogP) is 2.17. The summed E-state index contributed by atoms with van der Waals surface area (Å²) < 4.78 is 0. The van der Waals surface area contributed by atoms with Crippen molar-refractivity contribution in [1.82, 2.24) is 30.4 Å². The van der Waals surface area contributed by atoms with Gasteiger partial charge in [0.2, 0.25) is 0 Å². The van der Waals surface area contributed by atoms with E-state index in [0.717, 1.165) is 36.6 Å². The van der Waals surface area contributed by atoms with Crippen LogP contribution < -0.4 is 5.32 Å². The van der Waals surface area contributed by atoms with Gasteiger partial charge in [-0.1, -0.05) is 6.07 Å². The molecule has 4 rings (SSSR count). The van der Waals surface area contributed by atoms with Crippen LogP contribution >= 0.6 is 0 Å². The number of nitrogens with one attached hydrogen (secondary N) is 2. The SMILES string of the molecule is O=C(NCc1cccnc1)N1CCCC(c2n[nH]c(C3CC3)n2)C1. The second kappa shape index (κ2) is 6.59. The summed E-state index contributed by atoms with van der Waals surface area (Å²) >= 11 is 0. The van der Waals surface area contributed by atoms with Crippen LogP contribution in [0.1, 0.15) is 54.7 Å². The topological polar surface area (TPSA) is 86.8 Å². The van der Waals surface area contributed by atoms with Crippen molar-refractivity contribution >= 4 is 6.03 Å². The van der Waals surface area contributed by atoms with Gasteiger partial charge in [0.1, 0.15) is 5.82 Å². The summed E-state index contributed by atoms with van der Waals surface area (Å²) in [6.45, 7) is 1.97. The van der Waals surface area contributed by atoms with Gasteiger partial charge in [-0.25, -0.2) is 9.78 Å². The molecule has 7 nitrogen and oxygen atoms in total. The van der Waals surface area contributed by atoms with E-state index in [4.69, 9.17) is 0 Å². The number of H-pyrrole nitrogens is 1. The Morgan fingerprint density at radius 1 is 1.33 bits per heavy atom. The van der Waals surface area contributed by atoms with E-state index in [1.54, 1.807) is 12.4 Å². The van der Waals surface area contributed by atoms with Crippen LogP contribution in [0.4, 0.5) is 4.79 Å². The van der Waals surface area contributed by atoms with Crippen LogP contribution in [0.15, 0.2) is 24.5 Å². The minimum Gasteiger partial charge on any atom is -0.334 e. The molecule has 0 aromatic carbocycles. The quantitative estimate of drug-likeness (QED) is 0.901. The molecule has 3 heterocycles. The largest absolute Gasteiger partial charge is 0.334 e. The van der Waals surface area contributed by atoms with Gasteiger partial charge >= 0.3 is 6.03 Å². The molecule has 1 aliphatic carbocycles. The molecule has 2 fully saturated rings. The van der Waals surface area contributed by atoms with Crippen LogP contribution in [0.3, 0.4) is 0 Å². The fourth-order valence-electron chi connectivity index (χ4n) is 3.17. The van der Waals surface area contributed by atoms with Gasteiger partial charge in [-0.2, -0.15) is 5.10 Å². The smallest absolute Gasteiger partial charge is 0.317 e. The summed E-state index contributed by atoms with van der Waals surface area (Å²) in [4.78, 5) is 23.0. The minimum absolute atomic E-state index is 0.0264. The zero-order valence-electron chi connectivity index (χ0n) is 13.6. The second-order valence-corrected chi connectivity index (χ2v) is 6.66. The Morgan fingerprint density at radius 2 is 2.25 bits per heavy atom. The third-order valence-corrected chi connectivity index (χ3v) is 4.72. The van der Waals surface area contributed by atoms with E-state index in [-0.39, 0.29) is 11.9 Å². The van der Waals surface area contributed by atoms with E-state index in [1.807, 2.05) is 17.0 Å². The van der Waals surface area contributed by atoms with E-state index in [0.29, 0.717) is 19.0 Å². The van der Waals surface area contributed by atoms with Crippen LogP contribution in [-0.4, -0.2) is 44.2 Å². The monoisotopic (exact) mass is 326 g/mol. The number of pyridine rings is 1. The fraction of sp³-hybridized carbons (Fsp3) is 0.529. The Hall–Kier alpha value is -2.44. The lowest BCUT2D eigenvalue weighted by atomic mass is 9.97. The van der Waals surface area contributed by atoms with Crippen LogP contribution in [0, 0.1) is 0 Å². The summed E-state index contributed by atoms with van der Waals surface area (Å²) in [7, 11) is 0. The van der Waals surface area contributed by atoms with Crippen molar-refractivity contribution in [3.05, 3.63) is 41.7 Å². The predicted molar refractivity (Wildman–Crippen MR) is 88.4 cm³/mol. The molecule has 2 amide bonds. The molecule has 1 atom stereocenters. The molecule has 0 radical (unpaired) electrons. The Bertz CT molecular complexity index is 696. The molecule has 0 spiro atoms. The highest BCUT2D eigenvalue weighted by Crippen LogP contribution is 2.38. The van der Waals surface area contributed by atoms with E-state index >= 15 is 0 Å². The number of nitrogens with zero attached hydrogens (tertiary/aromatic N) is 4. The van der Waals surface area contributed by atoms with Crippen LogP contribution in [0.5, 0.6) is 0 Å². The maximum atomic E-state index is 12.4. The number of urea groups is 1. The third-order valence-electron chi connectivity index (χ3n) is 4.72. The molecule has 1 saturated carbocycles. The standard InChI is InChI=1S/C17H22N6O/c24-17(19-10-12-3-1-7-18-9-12)23-8-2-4-14(11-23)16-20-15(21-22-16)13-5-6-13/h1,3,7,9,13-14H,2,4-6,8,10-11H2,(H,19,24)(H,20,21,22). The van der Waals surface area contributed by atoms with Crippen molar-refractivity contribution in [2.45, 2.75) is 44.1 Å². The van der Waals surface area contributed by atoms with Crippen molar-refractivity contribution < 1.29 is 4.79 Å². The lowest BCUT2D eigenvalue weighted by Gasteiger charge is -2.31. The molecule has 126 valence electrons. The van der Waals surface area contributed by atoms with Crippen molar-refractivity contribution in [3.63, 3.8) is 0 Å². The highest BCUT2D eigenvalue weighted by molar-refractivity contribution is 5.74. The summed E-state index contributed by atoms with van der Waals surface area (Å²) in [5.41, 5.74) is 1.00. The molecule has 2 aromatic rings. The number of hydrogen-bond acceptors (Lipinski definition) is 4. The number of rotatable bonds is 4. The van der Waals surface area contributed by atoms with Gasteiger partial charge in [0.15, 0.2) is 5.82 Å². The highest BCUT2D eigenvalue weighted by atomic mass is 16.2. The fourth-order valence-corrected chi connectivity index (χ4v) is 3.17. The van der Waals surface area contributed by atoms with E-state index in [9.17, 15) is 4.79 Å². The van der Waals surface area contributed by atoms with Gasteiger partial charge in [0, 0.05) is 43.9 Å². The van der Waals surface area contributed by atoms with Gasteiger partial charge in [0.05, 0.1) is 0 Å². The van der Waals surface area contributed by atoms with Gasteiger partial charge in [-0.05, 0) is 37.3 Å². The van der Waals surface area contributed by atoms with Crippen molar-refractivity contribution in [2.75, 3.05) is 13.1 Å². The summed E-state index contributed by atoms with van der Waals surface area (Å²) in [5.74, 6) is 2.69. The number of carbonyl (C=O) groups is 1. The van der Waals surface area contributed by atoms with E-state index < -0.39 is 0 Å². The molecule has 7 heteroatoms. The molecular formula is C17H22N6O. The molecule has 1 aliphatic heterocycles. The Kier molecular flexibility index (Phi) is 4.15. The lowest BCUT2D eigenvalue weighted by Crippen LogP contribution is -2.44. The minimum atomic E-state index is -0.0264. The molecule has 2 N–H and O–H groups in total. The number of aromatic amines is 1. The molecule has 2 aliphatic rings. The Balaban J connectivity index is 1.34. The average molecular weight is 326 g/mol. The van der Waals surface area contributed by atoms with Gasteiger partial charge in [0.25, 0.3) is 0 Å². The van der Waals surface area contributed by atoms with Crippen molar-refractivity contribution in [1.29, 1.82) is 0 Å². The number of aromatic nitrogens is 4. The van der Waals surface area contributed by atoms with Crippen LogP contribution in [-0.2, 0) is 6.54 Å². The average Bonchev–Trinajstić information content (AvgIpc) is 3.37. The van der Waals surface area contributed by atoms with Gasteiger partial charge in [-0.15, -0.1) is 0 Å². The summed E-state index contributed by atoms with van der Waals surface area (Å²) in [6, 6.07) is 3.81. The van der Waals surface area contributed by atoms with Crippen LogP contribution in [0.2, 0.25) is 0 Å². The first-order valence-corrected chi connectivity index (χ1v) is 8.63. The number of hydrogen-bond donors (Lipinski definition) is 2. The van der Waals surface area contributed by atoms with E-state index in [1.165, 1.54) is 12.8 Å². The number of carbonyl (C=O) groups excluding carboxylic acids is 1. The van der Waals surface area contributed by atoms with E-state index in [2.05, 4.69) is 25.5 Å².